The van der Waals surface area contributed by atoms with Crippen molar-refractivity contribution < 1.29 is 22.7 Å². The molecule has 2 aliphatic rings. The highest BCUT2D eigenvalue weighted by Gasteiger charge is 2.51. The van der Waals surface area contributed by atoms with Crippen molar-refractivity contribution in [2.24, 2.45) is 5.41 Å². The number of rotatable bonds is 8. The SMILES string of the molecule is CC(C)(C)CCNS(=O)(=O)c1ccc(-c2cccc(NC(=O)C3(c4ccc5c(c4)OCO5)CC3)n2)cc1. The van der Waals surface area contributed by atoms with Crippen LogP contribution in [0, 0.1) is 5.41 Å². The minimum Gasteiger partial charge on any atom is -0.454 e. The molecule has 5 rings (SSSR count). The fourth-order valence-corrected chi connectivity index (χ4v) is 5.35. The molecule has 1 saturated carbocycles. The summed E-state index contributed by atoms with van der Waals surface area (Å²) in [5, 5.41) is 2.96. The van der Waals surface area contributed by atoms with Gasteiger partial charge in [-0.1, -0.05) is 45.0 Å². The minimum absolute atomic E-state index is 0.0438. The van der Waals surface area contributed by atoms with Gasteiger partial charge in [-0.3, -0.25) is 4.79 Å². The van der Waals surface area contributed by atoms with Crippen LogP contribution in [0.5, 0.6) is 11.5 Å². The van der Waals surface area contributed by atoms with Gasteiger partial charge in [0.15, 0.2) is 11.5 Å². The summed E-state index contributed by atoms with van der Waals surface area (Å²) < 4.78 is 38.8. The van der Waals surface area contributed by atoms with E-state index in [1.165, 1.54) is 0 Å². The molecule has 1 aromatic heterocycles. The molecule has 2 aromatic carbocycles. The first kappa shape index (κ1) is 25.2. The lowest BCUT2D eigenvalue weighted by atomic mass is 9.93. The molecular formula is C28H31N3O5S. The molecule has 0 bridgehead atoms. The van der Waals surface area contributed by atoms with Gasteiger partial charge in [-0.15, -0.1) is 0 Å². The number of ether oxygens (including phenoxy) is 2. The van der Waals surface area contributed by atoms with E-state index >= 15 is 0 Å². The normalized spacial score (nSPS) is 15.9. The van der Waals surface area contributed by atoms with Crippen LogP contribution in [0.4, 0.5) is 5.82 Å². The van der Waals surface area contributed by atoms with Gasteiger partial charge >= 0.3 is 0 Å². The third-order valence-electron chi connectivity index (χ3n) is 6.73. The summed E-state index contributed by atoms with van der Waals surface area (Å²) in [5.74, 6) is 1.68. The van der Waals surface area contributed by atoms with Gasteiger partial charge in [0.1, 0.15) is 5.82 Å². The molecule has 0 saturated heterocycles. The number of carbonyl (C=O) groups excluding carboxylic acids is 1. The van der Waals surface area contributed by atoms with Crippen LogP contribution in [0.1, 0.15) is 45.6 Å². The Labute approximate surface area is 217 Å². The number of carbonyl (C=O) groups is 1. The first-order valence-corrected chi connectivity index (χ1v) is 13.8. The fraction of sp³-hybridized carbons (Fsp3) is 0.357. The van der Waals surface area contributed by atoms with Crippen LogP contribution in [-0.2, 0) is 20.2 Å². The maximum atomic E-state index is 13.3. The molecule has 1 aliphatic heterocycles. The molecule has 3 aromatic rings. The quantitative estimate of drug-likeness (QED) is 0.438. The van der Waals surface area contributed by atoms with Crippen LogP contribution in [0.25, 0.3) is 11.3 Å². The molecule has 37 heavy (non-hydrogen) atoms. The van der Waals surface area contributed by atoms with Gasteiger partial charge < -0.3 is 14.8 Å². The predicted octanol–water partition coefficient (Wildman–Crippen LogP) is 4.86. The molecular weight excluding hydrogens is 490 g/mol. The van der Waals surface area contributed by atoms with E-state index in [0.717, 1.165) is 30.4 Å². The smallest absolute Gasteiger partial charge is 0.240 e. The van der Waals surface area contributed by atoms with Crippen LogP contribution in [0.2, 0.25) is 0 Å². The largest absolute Gasteiger partial charge is 0.454 e. The lowest BCUT2D eigenvalue weighted by Crippen LogP contribution is -2.28. The van der Waals surface area contributed by atoms with Gasteiger partial charge in [0.25, 0.3) is 0 Å². The minimum atomic E-state index is -3.59. The maximum Gasteiger partial charge on any atom is 0.240 e. The van der Waals surface area contributed by atoms with E-state index in [1.807, 2.05) is 30.3 Å². The number of fused-ring (bicyclic) bond motifs is 1. The standard InChI is InChI=1S/C28H31N3O5S/c1-27(2,3)15-16-29-37(33,34)21-10-7-19(8-11-21)22-5-4-6-25(30-22)31-26(32)28(13-14-28)20-9-12-23-24(17-20)36-18-35-23/h4-12,17,29H,13-16,18H2,1-3H3,(H,30,31,32). The molecule has 9 heteroatoms. The van der Waals surface area contributed by atoms with E-state index < -0.39 is 15.4 Å². The molecule has 1 amide bonds. The van der Waals surface area contributed by atoms with E-state index in [1.54, 1.807) is 30.3 Å². The summed E-state index contributed by atoms with van der Waals surface area (Å²) in [6.45, 7) is 6.78. The highest BCUT2D eigenvalue weighted by atomic mass is 32.2. The number of aromatic nitrogens is 1. The highest BCUT2D eigenvalue weighted by molar-refractivity contribution is 7.89. The number of nitrogens with zero attached hydrogens (tertiary/aromatic N) is 1. The molecule has 0 spiro atoms. The van der Waals surface area contributed by atoms with Crippen molar-refractivity contribution in [1.82, 2.24) is 9.71 Å². The Morgan fingerprint density at radius 1 is 1.00 bits per heavy atom. The second kappa shape index (κ2) is 9.46. The van der Waals surface area contributed by atoms with E-state index in [0.29, 0.717) is 29.6 Å². The zero-order valence-electron chi connectivity index (χ0n) is 21.2. The number of anilines is 1. The summed E-state index contributed by atoms with van der Waals surface area (Å²) in [6, 6.07) is 17.6. The Bertz CT molecular complexity index is 1420. The third kappa shape index (κ3) is 5.47. The van der Waals surface area contributed by atoms with Gasteiger partial charge in [0, 0.05) is 12.1 Å². The van der Waals surface area contributed by atoms with E-state index in [2.05, 4.69) is 35.8 Å². The van der Waals surface area contributed by atoms with Crippen LogP contribution in [0.15, 0.2) is 65.6 Å². The van der Waals surface area contributed by atoms with Crippen molar-refractivity contribution in [2.45, 2.75) is 50.3 Å². The maximum absolute atomic E-state index is 13.3. The second-order valence-electron chi connectivity index (χ2n) is 10.7. The number of amides is 1. The Morgan fingerprint density at radius 2 is 1.73 bits per heavy atom. The van der Waals surface area contributed by atoms with E-state index in [9.17, 15) is 13.2 Å². The molecule has 2 N–H and O–H groups in total. The van der Waals surface area contributed by atoms with Crippen LogP contribution in [0.3, 0.4) is 0 Å². The van der Waals surface area contributed by atoms with Gasteiger partial charge in [-0.05, 0) is 66.6 Å². The second-order valence-corrected chi connectivity index (χ2v) is 12.5. The highest BCUT2D eigenvalue weighted by Crippen LogP contribution is 2.51. The van der Waals surface area contributed by atoms with Crippen molar-refractivity contribution in [1.29, 1.82) is 0 Å². The number of pyridine rings is 1. The van der Waals surface area contributed by atoms with Crippen molar-refractivity contribution in [3.05, 3.63) is 66.2 Å². The molecule has 1 fully saturated rings. The van der Waals surface area contributed by atoms with Gasteiger partial charge in [-0.25, -0.2) is 18.1 Å². The third-order valence-corrected chi connectivity index (χ3v) is 8.20. The molecule has 194 valence electrons. The first-order valence-electron chi connectivity index (χ1n) is 12.3. The Morgan fingerprint density at radius 3 is 2.43 bits per heavy atom. The van der Waals surface area contributed by atoms with Gasteiger partial charge in [0.2, 0.25) is 22.7 Å². The Kier molecular flexibility index (Phi) is 6.45. The lowest BCUT2D eigenvalue weighted by Gasteiger charge is -2.18. The fourth-order valence-electron chi connectivity index (χ4n) is 4.32. The molecule has 0 atom stereocenters. The van der Waals surface area contributed by atoms with E-state index in [-0.39, 0.29) is 23.0 Å². The topological polar surface area (TPSA) is 107 Å². The Hall–Kier alpha value is -3.43. The first-order chi connectivity index (χ1) is 17.6. The van der Waals surface area contributed by atoms with Gasteiger partial charge in [0.05, 0.1) is 16.0 Å². The van der Waals surface area contributed by atoms with Crippen molar-refractivity contribution in [3.63, 3.8) is 0 Å². The average Bonchev–Trinajstić information content (AvgIpc) is 3.54. The van der Waals surface area contributed by atoms with Crippen molar-refractivity contribution >= 4 is 21.7 Å². The average molecular weight is 522 g/mol. The van der Waals surface area contributed by atoms with Crippen LogP contribution in [-0.4, -0.2) is 32.6 Å². The Balaban J connectivity index is 1.27. The zero-order chi connectivity index (χ0) is 26.3. The van der Waals surface area contributed by atoms with Crippen LogP contribution >= 0.6 is 0 Å². The van der Waals surface area contributed by atoms with E-state index in [4.69, 9.17) is 9.47 Å². The molecule has 1 aliphatic carbocycles. The number of sulfonamides is 1. The monoisotopic (exact) mass is 521 g/mol. The number of benzene rings is 2. The molecule has 0 radical (unpaired) electrons. The number of hydrogen-bond donors (Lipinski definition) is 2. The summed E-state index contributed by atoms with van der Waals surface area (Å²) in [5.41, 5.74) is 1.73. The summed E-state index contributed by atoms with van der Waals surface area (Å²) in [6.07, 6.45) is 2.23. The molecule has 0 unspecified atom stereocenters. The number of nitrogens with one attached hydrogen (secondary N) is 2. The summed E-state index contributed by atoms with van der Waals surface area (Å²) in [7, 11) is -3.59. The van der Waals surface area contributed by atoms with Crippen LogP contribution < -0.4 is 19.5 Å². The zero-order valence-corrected chi connectivity index (χ0v) is 22.0. The predicted molar refractivity (Wildman–Crippen MR) is 141 cm³/mol. The lowest BCUT2D eigenvalue weighted by molar-refractivity contribution is -0.118. The van der Waals surface area contributed by atoms with Crippen molar-refractivity contribution in [3.8, 4) is 22.8 Å². The van der Waals surface area contributed by atoms with Gasteiger partial charge in [-0.2, -0.15) is 0 Å². The summed E-state index contributed by atoms with van der Waals surface area (Å²) in [4.78, 5) is 18.1. The van der Waals surface area contributed by atoms with Crippen molar-refractivity contribution in [2.75, 3.05) is 18.7 Å². The molecule has 2 heterocycles. The number of hydrogen-bond acceptors (Lipinski definition) is 6. The summed E-state index contributed by atoms with van der Waals surface area (Å²) >= 11 is 0. The molecule has 8 nitrogen and oxygen atoms in total.